The van der Waals surface area contributed by atoms with E-state index in [0.717, 1.165) is 35.8 Å². The van der Waals surface area contributed by atoms with Crippen LogP contribution in [0.4, 0.5) is 0 Å². The molecule has 1 aromatic rings. The summed E-state index contributed by atoms with van der Waals surface area (Å²) in [4.78, 5) is 0. The molecule has 96 valence electrons. The van der Waals surface area contributed by atoms with Gasteiger partial charge in [-0.25, -0.2) is 0 Å². The zero-order valence-corrected chi connectivity index (χ0v) is 11.4. The first kappa shape index (κ1) is 14.3. The summed E-state index contributed by atoms with van der Waals surface area (Å²) in [7, 11) is 5.33. The third kappa shape index (κ3) is 4.19. The Balaban J connectivity index is 2.82. The maximum atomic E-state index is 6.03. The smallest absolute Gasteiger partial charge is 0.123 e. The fraction of sp³-hybridized carbons (Fsp3) is 0.538. The van der Waals surface area contributed by atoms with Gasteiger partial charge in [-0.2, -0.15) is 0 Å². The van der Waals surface area contributed by atoms with Crippen LogP contribution in [0.5, 0.6) is 5.75 Å². The van der Waals surface area contributed by atoms with Gasteiger partial charge in [-0.1, -0.05) is 11.6 Å². The SMILES string of the molecule is CNC(CCCOC)c1cc(Cl)ccc1OC. The summed E-state index contributed by atoms with van der Waals surface area (Å²) in [6.45, 7) is 0.765. The Hall–Kier alpha value is -0.770. The van der Waals surface area contributed by atoms with Crippen LogP contribution in [0.2, 0.25) is 5.02 Å². The van der Waals surface area contributed by atoms with Crippen molar-refractivity contribution in [1.82, 2.24) is 5.32 Å². The number of halogens is 1. The van der Waals surface area contributed by atoms with E-state index in [1.807, 2.05) is 25.2 Å². The second-order valence-electron chi connectivity index (χ2n) is 3.86. The number of rotatable bonds is 7. The Morgan fingerprint density at radius 1 is 1.35 bits per heavy atom. The van der Waals surface area contributed by atoms with Crippen molar-refractivity contribution in [3.63, 3.8) is 0 Å². The molecule has 0 heterocycles. The van der Waals surface area contributed by atoms with Gasteiger partial charge in [-0.15, -0.1) is 0 Å². The monoisotopic (exact) mass is 257 g/mol. The molecule has 1 unspecified atom stereocenters. The van der Waals surface area contributed by atoms with E-state index in [1.165, 1.54) is 0 Å². The zero-order valence-electron chi connectivity index (χ0n) is 10.6. The van der Waals surface area contributed by atoms with E-state index in [2.05, 4.69) is 5.32 Å². The van der Waals surface area contributed by atoms with E-state index in [9.17, 15) is 0 Å². The predicted octanol–water partition coefficient (Wildman–Crippen LogP) is 3.04. The number of hydrogen-bond donors (Lipinski definition) is 1. The molecule has 1 rings (SSSR count). The summed E-state index contributed by atoms with van der Waals surface area (Å²) in [5.41, 5.74) is 1.10. The highest BCUT2D eigenvalue weighted by Gasteiger charge is 2.14. The summed E-state index contributed by atoms with van der Waals surface area (Å²) >= 11 is 6.03. The molecule has 0 spiro atoms. The standard InChI is InChI=1S/C13H20ClNO2/c1-15-12(5-4-8-16-2)11-9-10(14)6-7-13(11)17-3/h6-7,9,12,15H,4-5,8H2,1-3H3. The highest BCUT2D eigenvalue weighted by molar-refractivity contribution is 6.30. The van der Waals surface area contributed by atoms with Gasteiger partial charge < -0.3 is 14.8 Å². The van der Waals surface area contributed by atoms with Gasteiger partial charge in [0.1, 0.15) is 5.75 Å². The van der Waals surface area contributed by atoms with Crippen LogP contribution in [-0.4, -0.2) is 27.9 Å². The van der Waals surface area contributed by atoms with Gasteiger partial charge in [0.25, 0.3) is 0 Å². The Morgan fingerprint density at radius 2 is 2.12 bits per heavy atom. The Kier molecular flexibility index (Phi) is 6.34. The van der Waals surface area contributed by atoms with E-state index in [0.29, 0.717) is 0 Å². The molecule has 1 atom stereocenters. The molecular formula is C13H20ClNO2. The van der Waals surface area contributed by atoms with Crippen molar-refractivity contribution in [2.75, 3.05) is 27.9 Å². The van der Waals surface area contributed by atoms with Crippen LogP contribution >= 0.6 is 11.6 Å². The topological polar surface area (TPSA) is 30.5 Å². The summed E-state index contributed by atoms with van der Waals surface area (Å²) in [6, 6.07) is 5.93. The maximum absolute atomic E-state index is 6.03. The molecule has 0 amide bonds. The van der Waals surface area contributed by atoms with E-state index in [-0.39, 0.29) is 6.04 Å². The molecule has 1 N–H and O–H groups in total. The van der Waals surface area contributed by atoms with Gasteiger partial charge in [-0.3, -0.25) is 0 Å². The highest BCUT2D eigenvalue weighted by atomic mass is 35.5. The first-order chi connectivity index (χ1) is 8.22. The fourth-order valence-electron chi connectivity index (χ4n) is 1.86. The van der Waals surface area contributed by atoms with Crippen molar-refractivity contribution in [2.24, 2.45) is 0 Å². The van der Waals surface area contributed by atoms with Crippen molar-refractivity contribution < 1.29 is 9.47 Å². The van der Waals surface area contributed by atoms with Crippen LogP contribution in [0.25, 0.3) is 0 Å². The van der Waals surface area contributed by atoms with Crippen molar-refractivity contribution in [1.29, 1.82) is 0 Å². The molecule has 0 fully saturated rings. The molecule has 1 aromatic carbocycles. The summed E-state index contributed by atoms with van der Waals surface area (Å²) in [6.07, 6.45) is 1.98. The summed E-state index contributed by atoms with van der Waals surface area (Å²) in [5, 5.41) is 4.01. The lowest BCUT2D eigenvalue weighted by atomic mass is 10.0. The van der Waals surface area contributed by atoms with Crippen LogP contribution in [0.3, 0.4) is 0 Å². The molecule has 0 aliphatic rings. The van der Waals surface area contributed by atoms with Gasteiger partial charge in [-0.05, 0) is 38.1 Å². The number of ether oxygens (including phenoxy) is 2. The average Bonchev–Trinajstić information content (AvgIpc) is 2.35. The normalized spacial score (nSPS) is 12.5. The highest BCUT2D eigenvalue weighted by Crippen LogP contribution is 2.30. The van der Waals surface area contributed by atoms with Crippen molar-refractivity contribution >= 4 is 11.6 Å². The molecule has 0 aromatic heterocycles. The lowest BCUT2D eigenvalue weighted by molar-refractivity contribution is 0.189. The van der Waals surface area contributed by atoms with Crippen LogP contribution in [-0.2, 0) is 4.74 Å². The Morgan fingerprint density at radius 3 is 2.71 bits per heavy atom. The van der Waals surface area contributed by atoms with Crippen molar-refractivity contribution in [3.8, 4) is 5.75 Å². The van der Waals surface area contributed by atoms with Crippen molar-refractivity contribution in [3.05, 3.63) is 28.8 Å². The lowest BCUT2D eigenvalue weighted by Crippen LogP contribution is -2.17. The summed E-state index contributed by atoms with van der Waals surface area (Å²) < 4.78 is 10.4. The van der Waals surface area contributed by atoms with E-state index < -0.39 is 0 Å². The van der Waals surface area contributed by atoms with Crippen molar-refractivity contribution in [2.45, 2.75) is 18.9 Å². The molecular weight excluding hydrogens is 238 g/mol. The minimum Gasteiger partial charge on any atom is -0.496 e. The summed E-state index contributed by atoms with van der Waals surface area (Å²) in [5.74, 6) is 0.867. The molecule has 3 nitrogen and oxygen atoms in total. The van der Waals surface area contributed by atoms with Gasteiger partial charge >= 0.3 is 0 Å². The van der Waals surface area contributed by atoms with E-state index in [1.54, 1.807) is 14.2 Å². The minimum atomic E-state index is 0.235. The number of benzene rings is 1. The molecule has 0 aliphatic carbocycles. The second kappa shape index (κ2) is 7.54. The third-order valence-corrected chi connectivity index (χ3v) is 2.99. The first-order valence-corrected chi connectivity index (χ1v) is 6.10. The Labute approximate surface area is 108 Å². The largest absolute Gasteiger partial charge is 0.496 e. The van der Waals surface area contributed by atoms with E-state index >= 15 is 0 Å². The second-order valence-corrected chi connectivity index (χ2v) is 4.30. The average molecular weight is 258 g/mol. The third-order valence-electron chi connectivity index (χ3n) is 2.76. The number of hydrogen-bond acceptors (Lipinski definition) is 3. The fourth-order valence-corrected chi connectivity index (χ4v) is 2.05. The number of methoxy groups -OCH3 is 2. The molecule has 0 saturated heterocycles. The molecule has 0 aliphatic heterocycles. The molecule has 4 heteroatoms. The molecule has 0 radical (unpaired) electrons. The maximum Gasteiger partial charge on any atom is 0.123 e. The van der Waals surface area contributed by atoms with Gasteiger partial charge in [0, 0.05) is 30.3 Å². The molecule has 0 bridgehead atoms. The Bertz CT molecular complexity index is 344. The van der Waals surface area contributed by atoms with Crippen LogP contribution in [0.1, 0.15) is 24.4 Å². The van der Waals surface area contributed by atoms with Crippen LogP contribution in [0, 0.1) is 0 Å². The van der Waals surface area contributed by atoms with E-state index in [4.69, 9.17) is 21.1 Å². The van der Waals surface area contributed by atoms with Gasteiger partial charge in [0.2, 0.25) is 0 Å². The first-order valence-electron chi connectivity index (χ1n) is 5.72. The predicted molar refractivity (Wildman–Crippen MR) is 70.9 cm³/mol. The molecule has 17 heavy (non-hydrogen) atoms. The molecule has 0 saturated carbocycles. The van der Waals surface area contributed by atoms with Crippen LogP contribution < -0.4 is 10.1 Å². The zero-order chi connectivity index (χ0) is 12.7. The van der Waals surface area contributed by atoms with Crippen LogP contribution in [0.15, 0.2) is 18.2 Å². The minimum absolute atomic E-state index is 0.235. The quantitative estimate of drug-likeness (QED) is 0.762. The number of nitrogens with one attached hydrogen (secondary N) is 1. The lowest BCUT2D eigenvalue weighted by Gasteiger charge is -2.19. The van der Waals surface area contributed by atoms with Gasteiger partial charge in [0.05, 0.1) is 7.11 Å². The van der Waals surface area contributed by atoms with Gasteiger partial charge in [0.15, 0.2) is 0 Å².